The number of rotatable bonds is 3. The molecule has 7 heteroatoms. The molecule has 96 valence electrons. The minimum atomic E-state index is -1.00. The van der Waals surface area contributed by atoms with Gasteiger partial charge in [0.1, 0.15) is 5.52 Å². The van der Waals surface area contributed by atoms with E-state index >= 15 is 0 Å². The van der Waals surface area contributed by atoms with Gasteiger partial charge in [0.2, 0.25) is 0 Å². The van der Waals surface area contributed by atoms with Gasteiger partial charge in [-0.1, -0.05) is 11.3 Å². The van der Waals surface area contributed by atoms with E-state index in [0.717, 1.165) is 5.56 Å². The molecular formula is C12H11N5O2. The Kier molecular flexibility index (Phi) is 2.52. The van der Waals surface area contributed by atoms with Crippen molar-refractivity contribution in [3.8, 4) is 0 Å². The van der Waals surface area contributed by atoms with E-state index in [1.54, 1.807) is 27.7 Å². The lowest BCUT2D eigenvalue weighted by Gasteiger charge is -2.00. The summed E-state index contributed by atoms with van der Waals surface area (Å²) in [5.74, 6) is -1.00. The Morgan fingerprint density at radius 1 is 1.42 bits per heavy atom. The molecule has 3 rings (SSSR count). The zero-order chi connectivity index (χ0) is 13.4. The van der Waals surface area contributed by atoms with E-state index in [0.29, 0.717) is 17.6 Å². The lowest BCUT2D eigenvalue weighted by molar-refractivity contribution is 0.0699. The number of carboxylic acids is 1. The number of hydrogen-bond acceptors (Lipinski definition) is 4. The summed E-state index contributed by atoms with van der Waals surface area (Å²) < 4.78 is 3.37. The Hall–Kier alpha value is -2.70. The molecule has 0 spiro atoms. The molecule has 3 aromatic rings. The lowest BCUT2D eigenvalue weighted by Crippen LogP contribution is -2.01. The van der Waals surface area contributed by atoms with Gasteiger partial charge in [-0.05, 0) is 12.1 Å². The van der Waals surface area contributed by atoms with E-state index in [9.17, 15) is 4.79 Å². The van der Waals surface area contributed by atoms with E-state index < -0.39 is 5.97 Å². The summed E-state index contributed by atoms with van der Waals surface area (Å²) in [6.45, 7) is 0.507. The van der Waals surface area contributed by atoms with Crippen molar-refractivity contribution in [2.75, 3.05) is 0 Å². The van der Waals surface area contributed by atoms with Gasteiger partial charge < -0.3 is 5.11 Å². The van der Waals surface area contributed by atoms with Crippen molar-refractivity contribution >= 4 is 17.0 Å². The van der Waals surface area contributed by atoms with Gasteiger partial charge >= 0.3 is 5.97 Å². The maximum atomic E-state index is 11.1. The number of carbonyl (C=O) groups is 1. The monoisotopic (exact) mass is 257 g/mol. The summed E-state index contributed by atoms with van der Waals surface area (Å²) in [5, 5.41) is 21.1. The van der Waals surface area contributed by atoms with Crippen molar-refractivity contribution in [1.82, 2.24) is 24.8 Å². The standard InChI is InChI=1S/C12H11N5O2/c1-16-6-8(5-13-16)7-17-10-4-2-3-9(12(18)19)11(10)14-15-17/h2-6H,7H2,1H3,(H,18,19). The first kappa shape index (κ1) is 11.4. The van der Waals surface area contributed by atoms with E-state index in [1.165, 1.54) is 6.07 Å². The second-order valence-corrected chi connectivity index (χ2v) is 4.25. The van der Waals surface area contributed by atoms with Crippen LogP contribution in [-0.4, -0.2) is 35.9 Å². The first-order chi connectivity index (χ1) is 9.15. The van der Waals surface area contributed by atoms with Crippen molar-refractivity contribution < 1.29 is 9.90 Å². The van der Waals surface area contributed by atoms with Crippen molar-refractivity contribution in [3.05, 3.63) is 41.7 Å². The number of hydrogen-bond donors (Lipinski definition) is 1. The zero-order valence-electron chi connectivity index (χ0n) is 10.2. The molecule has 1 N–H and O–H groups in total. The van der Waals surface area contributed by atoms with Crippen LogP contribution in [0, 0.1) is 0 Å². The second kappa shape index (κ2) is 4.20. The predicted octanol–water partition coefficient (Wildman–Crippen LogP) is 0.911. The van der Waals surface area contributed by atoms with Crippen LogP contribution in [0.2, 0.25) is 0 Å². The van der Waals surface area contributed by atoms with E-state index in [2.05, 4.69) is 15.4 Å². The molecule has 0 aliphatic heterocycles. The fourth-order valence-corrected chi connectivity index (χ4v) is 2.01. The third-order valence-corrected chi connectivity index (χ3v) is 2.87. The smallest absolute Gasteiger partial charge is 0.338 e. The maximum Gasteiger partial charge on any atom is 0.338 e. The Balaban J connectivity index is 2.06. The molecule has 0 fully saturated rings. The topological polar surface area (TPSA) is 85.8 Å². The highest BCUT2D eigenvalue weighted by Gasteiger charge is 2.13. The average molecular weight is 257 g/mol. The Bertz CT molecular complexity index is 758. The molecule has 1 aromatic carbocycles. The summed E-state index contributed by atoms with van der Waals surface area (Å²) >= 11 is 0. The fourth-order valence-electron chi connectivity index (χ4n) is 2.01. The van der Waals surface area contributed by atoms with Crippen LogP contribution >= 0.6 is 0 Å². The molecule has 0 aliphatic carbocycles. The molecule has 0 amide bonds. The molecule has 0 atom stereocenters. The number of aryl methyl sites for hydroxylation is 1. The first-order valence-corrected chi connectivity index (χ1v) is 5.68. The van der Waals surface area contributed by atoms with E-state index in [-0.39, 0.29) is 5.56 Å². The summed E-state index contributed by atoms with van der Waals surface area (Å²) in [4.78, 5) is 11.1. The molecule has 0 aliphatic rings. The van der Waals surface area contributed by atoms with Gasteiger partial charge in [-0.15, -0.1) is 5.10 Å². The van der Waals surface area contributed by atoms with Crippen molar-refractivity contribution in [2.45, 2.75) is 6.54 Å². The predicted molar refractivity (Wildman–Crippen MR) is 66.8 cm³/mol. The third kappa shape index (κ3) is 1.95. The van der Waals surface area contributed by atoms with Gasteiger partial charge in [0, 0.05) is 18.8 Å². The number of nitrogens with zero attached hydrogens (tertiary/aromatic N) is 5. The van der Waals surface area contributed by atoms with Crippen LogP contribution in [0.4, 0.5) is 0 Å². The Labute approximate surface area is 108 Å². The number of aromatic nitrogens is 5. The van der Waals surface area contributed by atoms with E-state index in [1.807, 2.05) is 13.2 Å². The van der Waals surface area contributed by atoms with Crippen LogP contribution in [-0.2, 0) is 13.6 Å². The van der Waals surface area contributed by atoms with Gasteiger partial charge in [-0.2, -0.15) is 5.10 Å². The van der Waals surface area contributed by atoms with Crippen molar-refractivity contribution in [2.24, 2.45) is 7.05 Å². The average Bonchev–Trinajstić information content (AvgIpc) is 2.97. The Morgan fingerprint density at radius 2 is 2.26 bits per heavy atom. The molecule has 0 radical (unpaired) electrons. The maximum absolute atomic E-state index is 11.1. The van der Waals surface area contributed by atoms with Crippen LogP contribution in [0.3, 0.4) is 0 Å². The number of aromatic carboxylic acids is 1. The quantitative estimate of drug-likeness (QED) is 0.753. The molecule has 2 aromatic heterocycles. The van der Waals surface area contributed by atoms with Crippen molar-refractivity contribution in [1.29, 1.82) is 0 Å². The van der Waals surface area contributed by atoms with Gasteiger partial charge in [0.15, 0.2) is 0 Å². The summed E-state index contributed by atoms with van der Waals surface area (Å²) in [6.07, 6.45) is 3.63. The summed E-state index contributed by atoms with van der Waals surface area (Å²) in [7, 11) is 1.84. The second-order valence-electron chi connectivity index (χ2n) is 4.25. The van der Waals surface area contributed by atoms with Gasteiger partial charge in [0.05, 0.1) is 23.8 Å². The minimum absolute atomic E-state index is 0.162. The molecule has 19 heavy (non-hydrogen) atoms. The lowest BCUT2D eigenvalue weighted by atomic mass is 10.2. The molecule has 7 nitrogen and oxygen atoms in total. The third-order valence-electron chi connectivity index (χ3n) is 2.87. The molecule has 0 unspecified atom stereocenters. The minimum Gasteiger partial charge on any atom is -0.478 e. The summed E-state index contributed by atoms with van der Waals surface area (Å²) in [5.41, 5.74) is 2.24. The molecular weight excluding hydrogens is 246 g/mol. The normalized spacial score (nSPS) is 11.0. The van der Waals surface area contributed by atoms with Crippen LogP contribution in [0.1, 0.15) is 15.9 Å². The van der Waals surface area contributed by atoms with Gasteiger partial charge in [-0.3, -0.25) is 4.68 Å². The number of fused-ring (bicyclic) bond motifs is 1. The largest absolute Gasteiger partial charge is 0.478 e. The molecule has 0 bridgehead atoms. The number of benzene rings is 1. The van der Waals surface area contributed by atoms with Gasteiger partial charge in [-0.25, -0.2) is 9.48 Å². The number of carboxylic acid groups (broad SMARTS) is 1. The van der Waals surface area contributed by atoms with Crippen LogP contribution < -0.4 is 0 Å². The highest BCUT2D eigenvalue weighted by Crippen LogP contribution is 2.17. The highest BCUT2D eigenvalue weighted by atomic mass is 16.4. The van der Waals surface area contributed by atoms with Crippen molar-refractivity contribution in [3.63, 3.8) is 0 Å². The van der Waals surface area contributed by atoms with E-state index in [4.69, 9.17) is 5.11 Å². The summed E-state index contributed by atoms with van der Waals surface area (Å²) in [6, 6.07) is 5.01. The molecule has 0 saturated heterocycles. The van der Waals surface area contributed by atoms with Gasteiger partial charge in [0.25, 0.3) is 0 Å². The SMILES string of the molecule is Cn1cc(Cn2nnc3c(C(=O)O)cccc32)cn1. The first-order valence-electron chi connectivity index (χ1n) is 5.68. The van der Waals surface area contributed by atoms with Crippen LogP contribution in [0.5, 0.6) is 0 Å². The van der Waals surface area contributed by atoms with Crippen LogP contribution in [0.25, 0.3) is 11.0 Å². The Morgan fingerprint density at radius 3 is 2.95 bits per heavy atom. The zero-order valence-corrected chi connectivity index (χ0v) is 10.2. The highest BCUT2D eigenvalue weighted by molar-refractivity contribution is 6.00. The molecule has 2 heterocycles. The van der Waals surface area contributed by atoms with Crippen LogP contribution in [0.15, 0.2) is 30.6 Å². The fraction of sp³-hybridized carbons (Fsp3) is 0.167. The molecule has 0 saturated carbocycles.